The van der Waals surface area contributed by atoms with E-state index in [1.165, 1.54) is 17.4 Å². The van der Waals surface area contributed by atoms with Gasteiger partial charge in [-0.05, 0) is 24.3 Å². The van der Waals surface area contributed by atoms with Crippen molar-refractivity contribution >= 4 is 39.2 Å². The lowest BCUT2D eigenvalue weighted by Gasteiger charge is -2.13. The molecule has 0 atom stereocenters. The minimum absolute atomic E-state index is 0.0158. The van der Waals surface area contributed by atoms with Crippen molar-refractivity contribution in [2.75, 3.05) is 18.5 Å². The fourth-order valence-electron chi connectivity index (χ4n) is 2.69. The SMILES string of the molecule is O=C1C=C(Nc2cccc(-c3nc4cccnc4s3)c2)C(=O)N1CCO. The molecule has 0 spiro atoms. The van der Waals surface area contributed by atoms with Gasteiger partial charge in [-0.3, -0.25) is 14.5 Å². The molecule has 8 heteroatoms. The summed E-state index contributed by atoms with van der Waals surface area (Å²) >= 11 is 1.49. The van der Waals surface area contributed by atoms with E-state index in [-0.39, 0.29) is 18.8 Å². The van der Waals surface area contributed by atoms with Crippen molar-refractivity contribution in [3.8, 4) is 10.6 Å². The minimum atomic E-state index is -0.446. The summed E-state index contributed by atoms with van der Waals surface area (Å²) in [5, 5.41) is 12.8. The number of carbonyl (C=O) groups excluding carboxylic acids is 2. The third-order valence-corrected chi connectivity index (χ3v) is 4.92. The van der Waals surface area contributed by atoms with Crippen molar-refractivity contribution in [1.29, 1.82) is 0 Å². The quantitative estimate of drug-likeness (QED) is 0.671. The molecule has 1 aliphatic rings. The molecule has 4 rings (SSSR count). The van der Waals surface area contributed by atoms with Crippen LogP contribution in [0.4, 0.5) is 5.69 Å². The minimum Gasteiger partial charge on any atom is -0.395 e. The van der Waals surface area contributed by atoms with Gasteiger partial charge in [0.05, 0.1) is 13.2 Å². The predicted octanol–water partition coefficient (Wildman–Crippen LogP) is 2.02. The number of amides is 2. The van der Waals surface area contributed by atoms with Gasteiger partial charge in [-0.1, -0.05) is 23.5 Å². The maximum absolute atomic E-state index is 12.2. The van der Waals surface area contributed by atoms with Gasteiger partial charge in [-0.2, -0.15) is 0 Å². The van der Waals surface area contributed by atoms with Crippen LogP contribution in [-0.2, 0) is 9.59 Å². The molecule has 2 N–H and O–H groups in total. The fourth-order valence-corrected chi connectivity index (χ4v) is 3.59. The van der Waals surface area contributed by atoms with Gasteiger partial charge >= 0.3 is 0 Å². The van der Waals surface area contributed by atoms with E-state index in [1.54, 1.807) is 6.20 Å². The maximum Gasteiger partial charge on any atom is 0.277 e. The van der Waals surface area contributed by atoms with Crippen LogP contribution in [0, 0.1) is 0 Å². The van der Waals surface area contributed by atoms with Crippen molar-refractivity contribution in [3.63, 3.8) is 0 Å². The van der Waals surface area contributed by atoms with Crippen molar-refractivity contribution in [2.24, 2.45) is 0 Å². The third kappa shape index (κ3) is 2.96. The second-order valence-corrected chi connectivity index (χ2v) is 6.61. The van der Waals surface area contributed by atoms with E-state index in [1.807, 2.05) is 36.4 Å². The molecule has 0 aliphatic carbocycles. The Balaban J connectivity index is 1.59. The Morgan fingerprint density at radius 3 is 2.88 bits per heavy atom. The number of aliphatic hydroxyl groups is 1. The molecule has 0 saturated carbocycles. The molecule has 1 aliphatic heterocycles. The van der Waals surface area contributed by atoms with Crippen LogP contribution in [0.3, 0.4) is 0 Å². The molecule has 0 saturated heterocycles. The fraction of sp³-hybridized carbons (Fsp3) is 0.111. The van der Waals surface area contributed by atoms with Gasteiger partial charge in [0.25, 0.3) is 11.8 Å². The zero-order chi connectivity index (χ0) is 18.1. The number of imide groups is 1. The molecule has 3 aromatic rings. The number of aromatic nitrogens is 2. The molecule has 0 unspecified atom stereocenters. The number of β-amino-alcohol motifs (C(OH)–C–C–N with tert-alkyl or cyclic N) is 1. The van der Waals surface area contributed by atoms with Crippen molar-refractivity contribution in [3.05, 3.63) is 54.4 Å². The highest BCUT2D eigenvalue weighted by atomic mass is 32.1. The monoisotopic (exact) mass is 366 g/mol. The van der Waals surface area contributed by atoms with Crippen LogP contribution < -0.4 is 5.32 Å². The molecular weight excluding hydrogens is 352 g/mol. The number of nitrogens with zero attached hydrogens (tertiary/aromatic N) is 3. The third-order valence-electron chi connectivity index (χ3n) is 3.89. The number of hydrogen-bond acceptors (Lipinski definition) is 7. The molecule has 2 aromatic heterocycles. The zero-order valence-corrected chi connectivity index (χ0v) is 14.4. The van der Waals surface area contributed by atoms with Gasteiger partial charge in [0.15, 0.2) is 0 Å². The Morgan fingerprint density at radius 1 is 1.19 bits per heavy atom. The lowest BCUT2D eigenvalue weighted by Crippen LogP contribution is -2.34. The number of pyridine rings is 1. The average molecular weight is 366 g/mol. The van der Waals surface area contributed by atoms with Crippen LogP contribution in [0.25, 0.3) is 20.9 Å². The Morgan fingerprint density at radius 2 is 2.08 bits per heavy atom. The number of rotatable bonds is 5. The second-order valence-electron chi connectivity index (χ2n) is 5.63. The molecule has 2 amide bonds. The Hall–Kier alpha value is -3.10. The number of nitrogens with one attached hydrogen (secondary N) is 1. The van der Waals surface area contributed by atoms with Crippen LogP contribution in [0.1, 0.15) is 0 Å². The summed E-state index contributed by atoms with van der Waals surface area (Å²) in [6, 6.07) is 11.2. The Bertz CT molecular complexity index is 1010. The number of benzene rings is 1. The molecular formula is C18H14N4O3S. The first-order chi connectivity index (χ1) is 12.7. The second kappa shape index (κ2) is 6.66. The molecule has 7 nitrogen and oxygen atoms in total. The van der Waals surface area contributed by atoms with E-state index in [2.05, 4.69) is 15.3 Å². The predicted molar refractivity (Wildman–Crippen MR) is 98.4 cm³/mol. The van der Waals surface area contributed by atoms with Crippen molar-refractivity contribution in [1.82, 2.24) is 14.9 Å². The molecule has 0 bridgehead atoms. The van der Waals surface area contributed by atoms with Crippen molar-refractivity contribution < 1.29 is 14.7 Å². The van der Waals surface area contributed by atoms with Crippen LogP contribution in [0.2, 0.25) is 0 Å². The molecule has 0 radical (unpaired) electrons. The van der Waals surface area contributed by atoms with Crippen LogP contribution in [0.5, 0.6) is 0 Å². The molecule has 130 valence electrons. The largest absolute Gasteiger partial charge is 0.395 e. The summed E-state index contributed by atoms with van der Waals surface area (Å²) in [6.45, 7) is -0.280. The molecule has 0 fully saturated rings. The smallest absolute Gasteiger partial charge is 0.277 e. The van der Waals surface area contributed by atoms with E-state index in [0.717, 1.165) is 25.8 Å². The van der Waals surface area contributed by atoms with E-state index in [0.29, 0.717) is 5.69 Å². The average Bonchev–Trinajstić information content (AvgIpc) is 3.19. The number of anilines is 1. The number of aliphatic hydroxyl groups excluding tert-OH is 1. The first-order valence-electron chi connectivity index (χ1n) is 7.93. The number of hydrogen-bond donors (Lipinski definition) is 2. The Labute approximate surface area is 152 Å². The lowest BCUT2D eigenvalue weighted by molar-refractivity contribution is -0.137. The van der Waals surface area contributed by atoms with Crippen molar-refractivity contribution in [2.45, 2.75) is 0 Å². The first-order valence-corrected chi connectivity index (χ1v) is 8.75. The summed E-state index contributed by atoms with van der Waals surface area (Å²) in [4.78, 5) is 34.8. The van der Waals surface area contributed by atoms with Crippen LogP contribution in [0.15, 0.2) is 54.4 Å². The Kier molecular flexibility index (Phi) is 4.19. The number of fused-ring (bicyclic) bond motifs is 1. The molecule has 3 heterocycles. The lowest BCUT2D eigenvalue weighted by atomic mass is 10.2. The topological polar surface area (TPSA) is 95.4 Å². The van der Waals surface area contributed by atoms with Gasteiger partial charge < -0.3 is 10.4 Å². The zero-order valence-electron chi connectivity index (χ0n) is 13.5. The molecule has 26 heavy (non-hydrogen) atoms. The highest BCUT2D eigenvalue weighted by Crippen LogP contribution is 2.30. The van der Waals surface area contributed by atoms with Crippen LogP contribution >= 0.6 is 11.3 Å². The van der Waals surface area contributed by atoms with Gasteiger partial charge in [0, 0.05) is 23.5 Å². The van der Waals surface area contributed by atoms with Gasteiger partial charge in [0.2, 0.25) is 0 Å². The summed E-state index contributed by atoms with van der Waals surface area (Å²) in [6.07, 6.45) is 2.97. The number of thiazole rings is 1. The number of carbonyl (C=O) groups is 2. The summed E-state index contributed by atoms with van der Waals surface area (Å²) in [7, 11) is 0. The van der Waals surface area contributed by atoms with Gasteiger partial charge in [0.1, 0.15) is 21.1 Å². The van der Waals surface area contributed by atoms with E-state index >= 15 is 0 Å². The summed E-state index contributed by atoms with van der Waals surface area (Å²) in [5.74, 6) is -0.876. The standard InChI is InChI=1S/C18H14N4O3S/c23-8-7-22-15(24)10-14(18(22)25)20-12-4-1-3-11(9-12)16-21-13-5-2-6-19-17(13)26-16/h1-6,9-10,20,23H,7-8H2. The highest BCUT2D eigenvalue weighted by molar-refractivity contribution is 7.21. The van der Waals surface area contributed by atoms with Gasteiger partial charge in [-0.15, -0.1) is 0 Å². The van der Waals surface area contributed by atoms with E-state index in [4.69, 9.17) is 5.11 Å². The normalized spacial score (nSPS) is 14.2. The van der Waals surface area contributed by atoms with Gasteiger partial charge in [-0.25, -0.2) is 9.97 Å². The van der Waals surface area contributed by atoms with Crippen LogP contribution in [-0.4, -0.2) is 44.9 Å². The summed E-state index contributed by atoms with van der Waals surface area (Å²) in [5.41, 5.74) is 2.59. The van der Waals surface area contributed by atoms with E-state index in [9.17, 15) is 9.59 Å². The molecule has 1 aromatic carbocycles. The maximum atomic E-state index is 12.2. The van der Waals surface area contributed by atoms with E-state index < -0.39 is 11.8 Å². The first kappa shape index (κ1) is 16.4. The summed E-state index contributed by atoms with van der Waals surface area (Å²) < 4.78 is 0. The highest BCUT2D eigenvalue weighted by Gasteiger charge is 2.30.